The second kappa shape index (κ2) is 4.77. The van der Waals surface area contributed by atoms with Crippen molar-refractivity contribution in [1.82, 2.24) is 0 Å². The third-order valence-corrected chi connectivity index (χ3v) is 2.91. The van der Waals surface area contributed by atoms with Gasteiger partial charge in [0.05, 0.1) is 0 Å². The summed E-state index contributed by atoms with van der Waals surface area (Å²) in [4.78, 5) is 12.2. The van der Waals surface area contributed by atoms with Gasteiger partial charge in [0.1, 0.15) is 0 Å². The van der Waals surface area contributed by atoms with E-state index in [1.165, 1.54) is 0 Å². The number of benzene rings is 2. The number of carbonyl (C=O) groups excluding carboxylic acids is 1. The third kappa shape index (κ3) is 2.67. The average molecular weight is 238 g/mol. The van der Waals surface area contributed by atoms with Crippen LogP contribution in [-0.4, -0.2) is 5.78 Å². The molecule has 0 atom stereocenters. The Bertz CT molecular complexity index is 547. The van der Waals surface area contributed by atoms with Gasteiger partial charge in [0.2, 0.25) is 0 Å². The van der Waals surface area contributed by atoms with Crippen molar-refractivity contribution >= 4 is 5.78 Å². The standard InChI is InChI=1S/C17H18O/c1-17(2,3)16(18)15-11-7-10-14(12-15)13-8-5-4-6-9-13/h4-12H,1-3H3. The molecule has 0 fully saturated rings. The monoisotopic (exact) mass is 238 g/mol. The van der Waals surface area contributed by atoms with E-state index in [4.69, 9.17) is 0 Å². The highest BCUT2D eigenvalue weighted by molar-refractivity contribution is 6.00. The van der Waals surface area contributed by atoms with Crippen LogP contribution in [0.3, 0.4) is 0 Å². The summed E-state index contributed by atoms with van der Waals surface area (Å²) < 4.78 is 0. The van der Waals surface area contributed by atoms with Gasteiger partial charge in [0, 0.05) is 11.0 Å². The lowest BCUT2D eigenvalue weighted by Crippen LogP contribution is -2.20. The van der Waals surface area contributed by atoms with Crippen LogP contribution in [0, 0.1) is 5.41 Å². The summed E-state index contributed by atoms with van der Waals surface area (Å²) in [5, 5.41) is 0. The van der Waals surface area contributed by atoms with Gasteiger partial charge in [-0.1, -0.05) is 69.3 Å². The van der Waals surface area contributed by atoms with Crippen LogP contribution in [0.15, 0.2) is 54.6 Å². The number of hydrogen-bond donors (Lipinski definition) is 0. The van der Waals surface area contributed by atoms with Gasteiger partial charge >= 0.3 is 0 Å². The van der Waals surface area contributed by atoms with Crippen LogP contribution in [0.4, 0.5) is 0 Å². The van der Waals surface area contributed by atoms with Crippen LogP contribution in [0.5, 0.6) is 0 Å². The van der Waals surface area contributed by atoms with Crippen molar-refractivity contribution in [2.45, 2.75) is 20.8 Å². The van der Waals surface area contributed by atoms with Crippen molar-refractivity contribution in [3.8, 4) is 11.1 Å². The van der Waals surface area contributed by atoms with Gasteiger partial charge < -0.3 is 0 Å². The molecule has 2 aromatic rings. The van der Waals surface area contributed by atoms with Crippen molar-refractivity contribution < 1.29 is 4.79 Å². The normalized spacial score (nSPS) is 11.3. The Morgan fingerprint density at radius 3 is 2.06 bits per heavy atom. The van der Waals surface area contributed by atoms with Gasteiger partial charge in [-0.05, 0) is 17.2 Å². The maximum absolute atomic E-state index is 12.2. The molecule has 0 spiro atoms. The van der Waals surface area contributed by atoms with Crippen LogP contribution in [-0.2, 0) is 0 Å². The first-order chi connectivity index (χ1) is 8.48. The first-order valence-corrected chi connectivity index (χ1v) is 6.19. The zero-order valence-corrected chi connectivity index (χ0v) is 11.1. The van der Waals surface area contributed by atoms with E-state index in [1.807, 2.05) is 63.2 Å². The summed E-state index contributed by atoms with van der Waals surface area (Å²) in [7, 11) is 0. The summed E-state index contributed by atoms with van der Waals surface area (Å²) in [6, 6.07) is 18.0. The van der Waals surface area contributed by atoms with Crippen molar-refractivity contribution in [1.29, 1.82) is 0 Å². The van der Waals surface area contributed by atoms with E-state index in [0.717, 1.165) is 16.7 Å². The van der Waals surface area contributed by atoms with Crippen LogP contribution in [0.25, 0.3) is 11.1 Å². The molecule has 0 bridgehead atoms. The minimum atomic E-state index is -0.338. The predicted octanol–water partition coefficient (Wildman–Crippen LogP) is 4.58. The van der Waals surface area contributed by atoms with Crippen molar-refractivity contribution in [3.63, 3.8) is 0 Å². The molecule has 1 nitrogen and oxygen atoms in total. The van der Waals surface area contributed by atoms with Crippen LogP contribution in [0.2, 0.25) is 0 Å². The Balaban J connectivity index is 2.41. The Morgan fingerprint density at radius 2 is 1.44 bits per heavy atom. The summed E-state index contributed by atoms with van der Waals surface area (Å²) in [6.45, 7) is 5.85. The second-order valence-corrected chi connectivity index (χ2v) is 5.53. The first kappa shape index (κ1) is 12.6. The predicted molar refractivity (Wildman–Crippen MR) is 75.7 cm³/mol. The zero-order chi connectivity index (χ0) is 13.2. The van der Waals surface area contributed by atoms with Gasteiger partial charge in [-0.2, -0.15) is 0 Å². The molecule has 0 heterocycles. The molecule has 18 heavy (non-hydrogen) atoms. The van der Waals surface area contributed by atoms with Crippen LogP contribution >= 0.6 is 0 Å². The van der Waals surface area contributed by atoms with Gasteiger partial charge in [-0.25, -0.2) is 0 Å². The molecule has 0 radical (unpaired) electrons. The largest absolute Gasteiger partial charge is 0.294 e. The van der Waals surface area contributed by atoms with Gasteiger partial charge in [-0.3, -0.25) is 4.79 Å². The molecular weight excluding hydrogens is 220 g/mol. The molecule has 2 aromatic carbocycles. The molecule has 0 aliphatic rings. The van der Waals surface area contributed by atoms with E-state index >= 15 is 0 Å². The minimum Gasteiger partial charge on any atom is -0.294 e. The van der Waals surface area contributed by atoms with E-state index in [0.29, 0.717) is 0 Å². The fourth-order valence-corrected chi connectivity index (χ4v) is 1.90. The summed E-state index contributed by atoms with van der Waals surface area (Å²) in [5.41, 5.74) is 2.67. The summed E-state index contributed by atoms with van der Waals surface area (Å²) >= 11 is 0. The molecule has 1 heteroatoms. The van der Waals surface area contributed by atoms with E-state index in [-0.39, 0.29) is 11.2 Å². The van der Waals surface area contributed by atoms with Crippen LogP contribution in [0.1, 0.15) is 31.1 Å². The highest BCUT2D eigenvalue weighted by atomic mass is 16.1. The van der Waals surface area contributed by atoms with Crippen molar-refractivity contribution in [2.75, 3.05) is 0 Å². The molecule has 0 amide bonds. The maximum atomic E-state index is 12.2. The summed E-state index contributed by atoms with van der Waals surface area (Å²) in [5.74, 6) is 0.181. The molecule has 0 aromatic heterocycles. The van der Waals surface area contributed by atoms with E-state index in [9.17, 15) is 4.79 Å². The highest BCUT2D eigenvalue weighted by Gasteiger charge is 2.22. The van der Waals surface area contributed by atoms with Gasteiger partial charge in [0.25, 0.3) is 0 Å². The number of carbonyl (C=O) groups is 1. The molecular formula is C17H18O. The topological polar surface area (TPSA) is 17.1 Å². The fourth-order valence-electron chi connectivity index (χ4n) is 1.90. The Morgan fingerprint density at radius 1 is 0.833 bits per heavy atom. The second-order valence-electron chi connectivity index (χ2n) is 5.53. The number of ketones is 1. The summed E-state index contributed by atoms with van der Waals surface area (Å²) in [6.07, 6.45) is 0. The average Bonchev–Trinajstić information content (AvgIpc) is 2.38. The number of rotatable bonds is 2. The minimum absolute atomic E-state index is 0.181. The van der Waals surface area contributed by atoms with Crippen LogP contribution < -0.4 is 0 Å². The number of hydrogen-bond acceptors (Lipinski definition) is 1. The van der Waals surface area contributed by atoms with E-state index in [1.54, 1.807) is 0 Å². The Hall–Kier alpha value is -1.89. The molecule has 0 aliphatic carbocycles. The maximum Gasteiger partial charge on any atom is 0.168 e. The van der Waals surface area contributed by atoms with E-state index < -0.39 is 0 Å². The third-order valence-electron chi connectivity index (χ3n) is 2.91. The lowest BCUT2D eigenvalue weighted by molar-refractivity contribution is 0.0858. The van der Waals surface area contributed by atoms with Gasteiger partial charge in [0.15, 0.2) is 5.78 Å². The molecule has 0 aliphatic heterocycles. The first-order valence-electron chi connectivity index (χ1n) is 6.19. The molecule has 0 N–H and O–H groups in total. The lowest BCUT2D eigenvalue weighted by Gasteiger charge is -2.17. The van der Waals surface area contributed by atoms with Crippen molar-refractivity contribution in [3.05, 3.63) is 60.2 Å². The van der Waals surface area contributed by atoms with Crippen molar-refractivity contribution in [2.24, 2.45) is 5.41 Å². The number of Topliss-reactive ketones (excluding diaryl/α,β-unsaturated/α-hetero) is 1. The molecule has 0 saturated heterocycles. The molecule has 0 saturated carbocycles. The SMILES string of the molecule is CC(C)(C)C(=O)c1cccc(-c2ccccc2)c1. The van der Waals surface area contributed by atoms with E-state index in [2.05, 4.69) is 12.1 Å². The quantitative estimate of drug-likeness (QED) is 0.700. The van der Waals surface area contributed by atoms with Gasteiger partial charge in [-0.15, -0.1) is 0 Å². The zero-order valence-electron chi connectivity index (χ0n) is 11.1. The lowest BCUT2D eigenvalue weighted by atomic mass is 9.86. The highest BCUT2D eigenvalue weighted by Crippen LogP contribution is 2.25. The molecule has 92 valence electrons. The molecule has 0 unspecified atom stereocenters. The fraction of sp³-hybridized carbons (Fsp3) is 0.235. The Labute approximate surface area is 108 Å². The molecule has 2 rings (SSSR count). The smallest absolute Gasteiger partial charge is 0.168 e. The Kier molecular flexibility index (Phi) is 3.33.